The van der Waals surface area contributed by atoms with Gasteiger partial charge in [0.1, 0.15) is 11.5 Å². The lowest BCUT2D eigenvalue weighted by molar-refractivity contribution is -0.147. The topological polar surface area (TPSA) is 82.1 Å². The van der Waals surface area contributed by atoms with E-state index in [9.17, 15) is 14.4 Å². The summed E-state index contributed by atoms with van der Waals surface area (Å²) >= 11 is 5.80. The summed E-state index contributed by atoms with van der Waals surface area (Å²) in [5.74, 6) is -0.756. The van der Waals surface area contributed by atoms with Crippen LogP contribution in [0.1, 0.15) is 16.8 Å². The van der Waals surface area contributed by atoms with Gasteiger partial charge in [-0.05, 0) is 36.4 Å². The van der Waals surface area contributed by atoms with Crippen molar-refractivity contribution in [1.29, 1.82) is 0 Å². The predicted molar refractivity (Wildman–Crippen MR) is 107 cm³/mol. The number of esters is 1. The number of hydrogen-bond donors (Lipinski definition) is 0. The van der Waals surface area contributed by atoms with Gasteiger partial charge in [-0.2, -0.15) is 0 Å². The molecule has 0 N–H and O–H groups in total. The Balaban J connectivity index is 1.63. The molecule has 152 valence electrons. The Morgan fingerprint density at radius 3 is 2.48 bits per heavy atom. The van der Waals surface area contributed by atoms with Crippen molar-refractivity contribution in [2.24, 2.45) is 5.92 Å². The van der Waals surface area contributed by atoms with E-state index in [1.807, 2.05) is 0 Å². The lowest BCUT2D eigenvalue weighted by atomic mass is 10.1. The van der Waals surface area contributed by atoms with Crippen molar-refractivity contribution in [3.05, 3.63) is 53.1 Å². The molecule has 0 spiro atoms. The number of Topliss-reactive ketones (excluding diaryl/α,β-unsaturated/α-hetero) is 1. The monoisotopic (exact) mass is 417 g/mol. The Morgan fingerprint density at radius 2 is 1.83 bits per heavy atom. The van der Waals surface area contributed by atoms with Crippen molar-refractivity contribution in [1.82, 2.24) is 0 Å². The van der Waals surface area contributed by atoms with Crippen LogP contribution in [0, 0.1) is 5.92 Å². The number of halogens is 1. The number of benzene rings is 2. The van der Waals surface area contributed by atoms with E-state index in [1.165, 1.54) is 19.1 Å². The highest BCUT2D eigenvalue weighted by atomic mass is 35.5. The van der Waals surface area contributed by atoms with E-state index in [4.69, 9.17) is 25.8 Å². The van der Waals surface area contributed by atoms with E-state index in [0.29, 0.717) is 27.8 Å². The minimum absolute atomic E-state index is 0.00313. The molecule has 1 aliphatic heterocycles. The average molecular weight is 418 g/mol. The van der Waals surface area contributed by atoms with Crippen molar-refractivity contribution in [2.45, 2.75) is 6.42 Å². The number of ketones is 1. The van der Waals surface area contributed by atoms with Crippen LogP contribution in [-0.2, 0) is 14.3 Å². The molecule has 0 bridgehead atoms. The predicted octanol–water partition coefficient (Wildman–Crippen LogP) is 3.14. The van der Waals surface area contributed by atoms with Crippen molar-refractivity contribution in [2.75, 3.05) is 32.3 Å². The molecule has 1 fully saturated rings. The number of anilines is 1. The maximum Gasteiger partial charge on any atom is 0.311 e. The first-order valence-electron chi connectivity index (χ1n) is 8.90. The Kier molecular flexibility index (Phi) is 6.39. The third-order valence-electron chi connectivity index (χ3n) is 4.65. The number of methoxy groups -OCH3 is 2. The summed E-state index contributed by atoms with van der Waals surface area (Å²) in [6, 6.07) is 11.4. The first-order valence-corrected chi connectivity index (χ1v) is 9.28. The summed E-state index contributed by atoms with van der Waals surface area (Å²) in [6.07, 6.45) is 0.00313. The third-order valence-corrected chi connectivity index (χ3v) is 4.90. The zero-order chi connectivity index (χ0) is 21.0. The van der Waals surface area contributed by atoms with Crippen LogP contribution < -0.4 is 14.4 Å². The molecule has 1 atom stereocenters. The first-order chi connectivity index (χ1) is 13.9. The van der Waals surface area contributed by atoms with Crippen LogP contribution in [-0.4, -0.2) is 45.0 Å². The normalized spacial score (nSPS) is 15.9. The number of amides is 1. The fourth-order valence-corrected chi connectivity index (χ4v) is 3.21. The van der Waals surface area contributed by atoms with Crippen LogP contribution in [0.3, 0.4) is 0 Å². The molecule has 1 aliphatic rings. The molecule has 0 aromatic heterocycles. The zero-order valence-electron chi connectivity index (χ0n) is 16.0. The van der Waals surface area contributed by atoms with E-state index < -0.39 is 18.5 Å². The van der Waals surface area contributed by atoms with Gasteiger partial charge in [-0.3, -0.25) is 14.4 Å². The molecule has 29 heavy (non-hydrogen) atoms. The van der Waals surface area contributed by atoms with E-state index in [0.717, 1.165) is 0 Å². The minimum Gasteiger partial charge on any atom is -0.497 e. The van der Waals surface area contributed by atoms with Gasteiger partial charge in [-0.15, -0.1) is 0 Å². The molecule has 1 heterocycles. The van der Waals surface area contributed by atoms with Crippen LogP contribution in [0.4, 0.5) is 5.69 Å². The number of carbonyl (C=O) groups excluding carboxylic acids is 3. The number of ether oxygens (including phenoxy) is 3. The average Bonchev–Trinajstić information content (AvgIpc) is 3.13. The van der Waals surface area contributed by atoms with Crippen molar-refractivity contribution in [3.63, 3.8) is 0 Å². The maximum absolute atomic E-state index is 12.5. The quantitative estimate of drug-likeness (QED) is 0.508. The van der Waals surface area contributed by atoms with Gasteiger partial charge in [-0.1, -0.05) is 11.6 Å². The van der Waals surface area contributed by atoms with Gasteiger partial charge >= 0.3 is 5.97 Å². The Labute approximate surface area is 173 Å². The summed E-state index contributed by atoms with van der Waals surface area (Å²) in [4.78, 5) is 38.5. The number of rotatable bonds is 7. The lowest BCUT2D eigenvalue weighted by Crippen LogP contribution is -2.27. The summed E-state index contributed by atoms with van der Waals surface area (Å²) in [6.45, 7) is -0.244. The molecular formula is C21H20ClNO6. The van der Waals surface area contributed by atoms with Gasteiger partial charge < -0.3 is 19.1 Å². The molecule has 0 unspecified atom stereocenters. The molecular weight excluding hydrogens is 398 g/mol. The minimum atomic E-state index is -0.660. The SMILES string of the molecule is COc1ccc(N2C[C@@H](C(=O)OCC(=O)c3ccc(Cl)cc3)CC2=O)c(OC)c1. The molecule has 8 heteroatoms. The smallest absolute Gasteiger partial charge is 0.311 e. The van der Waals surface area contributed by atoms with Crippen LogP contribution in [0.25, 0.3) is 0 Å². The van der Waals surface area contributed by atoms with Gasteiger partial charge in [0.25, 0.3) is 0 Å². The van der Waals surface area contributed by atoms with Gasteiger partial charge in [0.05, 0.1) is 25.8 Å². The van der Waals surface area contributed by atoms with Crippen LogP contribution >= 0.6 is 11.6 Å². The standard InChI is InChI=1S/C21H20ClNO6/c1-27-16-7-8-17(19(10-16)28-2)23-11-14(9-20(23)25)21(26)29-12-18(24)13-3-5-15(22)6-4-13/h3-8,10,14H,9,11-12H2,1-2H3/t14-/m0/s1. The molecule has 0 saturated carbocycles. The summed E-state index contributed by atoms with van der Waals surface area (Å²) in [5, 5.41) is 0.511. The lowest BCUT2D eigenvalue weighted by Gasteiger charge is -2.20. The molecule has 2 aromatic carbocycles. The van der Waals surface area contributed by atoms with E-state index in [1.54, 1.807) is 42.5 Å². The first kappa shape index (κ1) is 20.7. The summed E-state index contributed by atoms with van der Waals surface area (Å²) in [5.41, 5.74) is 0.945. The van der Waals surface area contributed by atoms with E-state index in [2.05, 4.69) is 0 Å². The number of hydrogen-bond acceptors (Lipinski definition) is 6. The second-order valence-corrected chi connectivity index (χ2v) is 6.92. The van der Waals surface area contributed by atoms with Crippen LogP contribution in [0.15, 0.2) is 42.5 Å². The molecule has 3 rings (SSSR count). The second kappa shape index (κ2) is 8.96. The van der Waals surface area contributed by atoms with Crippen molar-refractivity contribution in [3.8, 4) is 11.5 Å². The Hall–Kier alpha value is -3.06. The highest BCUT2D eigenvalue weighted by molar-refractivity contribution is 6.30. The van der Waals surface area contributed by atoms with Crippen LogP contribution in [0.2, 0.25) is 5.02 Å². The highest BCUT2D eigenvalue weighted by Gasteiger charge is 2.37. The number of nitrogens with zero attached hydrogens (tertiary/aromatic N) is 1. The second-order valence-electron chi connectivity index (χ2n) is 6.48. The fraction of sp³-hybridized carbons (Fsp3) is 0.286. The molecule has 0 radical (unpaired) electrons. The van der Waals surface area contributed by atoms with Gasteiger partial charge in [0.2, 0.25) is 5.91 Å². The highest BCUT2D eigenvalue weighted by Crippen LogP contribution is 2.36. The fourth-order valence-electron chi connectivity index (χ4n) is 3.08. The molecule has 0 aliphatic carbocycles. The summed E-state index contributed by atoms with van der Waals surface area (Å²) in [7, 11) is 3.03. The van der Waals surface area contributed by atoms with Crippen molar-refractivity contribution >= 4 is 34.9 Å². The van der Waals surface area contributed by atoms with Crippen LogP contribution in [0.5, 0.6) is 11.5 Å². The molecule has 1 amide bonds. The largest absolute Gasteiger partial charge is 0.497 e. The Bertz CT molecular complexity index is 927. The third kappa shape index (κ3) is 4.68. The molecule has 7 nitrogen and oxygen atoms in total. The molecule has 2 aromatic rings. The summed E-state index contributed by atoms with van der Waals surface area (Å²) < 4.78 is 15.6. The molecule has 1 saturated heterocycles. The maximum atomic E-state index is 12.5. The van der Waals surface area contributed by atoms with Gasteiger partial charge in [-0.25, -0.2) is 0 Å². The van der Waals surface area contributed by atoms with Crippen molar-refractivity contribution < 1.29 is 28.6 Å². The van der Waals surface area contributed by atoms with E-state index >= 15 is 0 Å². The van der Waals surface area contributed by atoms with E-state index in [-0.39, 0.29) is 24.7 Å². The number of carbonyl (C=O) groups is 3. The van der Waals surface area contributed by atoms with Gasteiger partial charge in [0, 0.05) is 29.6 Å². The Morgan fingerprint density at radius 1 is 1.10 bits per heavy atom. The zero-order valence-corrected chi connectivity index (χ0v) is 16.8. The van der Waals surface area contributed by atoms with Gasteiger partial charge in [0.15, 0.2) is 12.4 Å².